The Morgan fingerprint density at radius 3 is 2.39 bits per heavy atom. The lowest BCUT2D eigenvalue weighted by Gasteiger charge is -2.34. The molecule has 0 atom stereocenters. The van der Waals surface area contributed by atoms with Gasteiger partial charge in [-0.3, -0.25) is 5.10 Å². The first kappa shape index (κ1) is 11.4. The highest BCUT2D eigenvalue weighted by Gasteiger charge is 2.28. The molecule has 18 heavy (non-hydrogen) atoms. The molecule has 4 nitrogen and oxygen atoms in total. The molecule has 1 saturated heterocycles. The fourth-order valence-electron chi connectivity index (χ4n) is 2.56. The number of rotatable bonds is 2. The van der Waals surface area contributed by atoms with Gasteiger partial charge in [-0.25, -0.2) is 0 Å². The van der Waals surface area contributed by atoms with Crippen molar-refractivity contribution < 1.29 is 0 Å². The Hall–Kier alpha value is -1.65. The second kappa shape index (κ2) is 4.55. The molecule has 1 fully saturated rings. The summed E-state index contributed by atoms with van der Waals surface area (Å²) in [6.45, 7) is 2.00. The number of nitrogens with two attached hydrogens (primary N) is 1. The summed E-state index contributed by atoms with van der Waals surface area (Å²) in [6.07, 6.45) is 5.73. The van der Waals surface area contributed by atoms with Crippen LogP contribution in [0.3, 0.4) is 0 Å². The summed E-state index contributed by atoms with van der Waals surface area (Å²) >= 11 is 0. The fraction of sp³-hybridized carbons (Fsp3) is 0.357. The maximum atomic E-state index is 6.49. The molecule has 1 aliphatic heterocycles. The lowest BCUT2D eigenvalue weighted by Crippen LogP contribution is -2.46. The summed E-state index contributed by atoms with van der Waals surface area (Å²) < 4.78 is 0. The number of piperidine rings is 1. The van der Waals surface area contributed by atoms with Gasteiger partial charge in [0.15, 0.2) is 0 Å². The Morgan fingerprint density at radius 2 is 1.78 bits per heavy atom. The Bertz CT molecular complexity index is 495. The van der Waals surface area contributed by atoms with Crippen molar-refractivity contribution in [2.45, 2.75) is 18.4 Å². The number of benzene rings is 1. The Balaban J connectivity index is 1.86. The van der Waals surface area contributed by atoms with Crippen LogP contribution >= 0.6 is 0 Å². The Morgan fingerprint density at radius 1 is 1.06 bits per heavy atom. The van der Waals surface area contributed by atoms with E-state index in [-0.39, 0.29) is 5.54 Å². The van der Waals surface area contributed by atoms with E-state index in [9.17, 15) is 0 Å². The lowest BCUT2D eigenvalue weighted by molar-refractivity contribution is 0.317. The summed E-state index contributed by atoms with van der Waals surface area (Å²) in [5.41, 5.74) is 9.84. The van der Waals surface area contributed by atoms with Crippen molar-refractivity contribution in [1.29, 1.82) is 0 Å². The van der Waals surface area contributed by atoms with E-state index >= 15 is 0 Å². The van der Waals surface area contributed by atoms with Crippen LogP contribution in [-0.4, -0.2) is 23.3 Å². The molecule has 0 bridgehead atoms. The number of hydrogen-bond donors (Lipinski definition) is 3. The predicted molar refractivity (Wildman–Crippen MR) is 72.0 cm³/mol. The molecule has 94 valence electrons. The molecule has 0 radical (unpaired) electrons. The van der Waals surface area contributed by atoms with Gasteiger partial charge in [0, 0.05) is 17.3 Å². The monoisotopic (exact) mass is 242 g/mol. The van der Waals surface area contributed by atoms with Gasteiger partial charge >= 0.3 is 0 Å². The highest BCUT2D eigenvalue weighted by molar-refractivity contribution is 5.62. The maximum absolute atomic E-state index is 6.49. The summed E-state index contributed by atoms with van der Waals surface area (Å²) in [5.74, 6) is 0. The third-order valence-corrected chi connectivity index (χ3v) is 3.79. The van der Waals surface area contributed by atoms with Crippen molar-refractivity contribution in [3.63, 3.8) is 0 Å². The van der Waals surface area contributed by atoms with E-state index < -0.39 is 0 Å². The van der Waals surface area contributed by atoms with Crippen LogP contribution in [0.1, 0.15) is 18.4 Å². The molecule has 1 aromatic heterocycles. The van der Waals surface area contributed by atoms with Crippen molar-refractivity contribution in [2.24, 2.45) is 5.73 Å². The minimum Gasteiger partial charge on any atom is -0.321 e. The minimum atomic E-state index is -0.166. The van der Waals surface area contributed by atoms with E-state index in [2.05, 4.69) is 39.8 Å². The van der Waals surface area contributed by atoms with Crippen LogP contribution in [0.5, 0.6) is 0 Å². The summed E-state index contributed by atoms with van der Waals surface area (Å²) in [7, 11) is 0. The summed E-state index contributed by atoms with van der Waals surface area (Å²) in [6, 6.07) is 8.54. The number of aromatic nitrogens is 2. The first-order valence-corrected chi connectivity index (χ1v) is 6.37. The molecule has 0 aliphatic carbocycles. The van der Waals surface area contributed by atoms with E-state index in [0.29, 0.717) is 0 Å². The molecule has 4 N–H and O–H groups in total. The second-order valence-electron chi connectivity index (χ2n) is 4.97. The highest BCUT2D eigenvalue weighted by Crippen LogP contribution is 2.29. The van der Waals surface area contributed by atoms with E-state index in [1.807, 2.05) is 12.4 Å². The van der Waals surface area contributed by atoms with Gasteiger partial charge in [-0.05, 0) is 37.1 Å². The van der Waals surface area contributed by atoms with Crippen LogP contribution in [0.15, 0.2) is 36.7 Å². The zero-order valence-electron chi connectivity index (χ0n) is 10.3. The molecule has 0 amide bonds. The Labute approximate surface area is 107 Å². The fourth-order valence-corrected chi connectivity index (χ4v) is 2.56. The first-order valence-electron chi connectivity index (χ1n) is 6.37. The Kier molecular flexibility index (Phi) is 2.89. The number of nitrogens with zero attached hydrogens (tertiary/aromatic N) is 1. The van der Waals surface area contributed by atoms with Gasteiger partial charge in [0.05, 0.1) is 6.20 Å². The molecule has 3 rings (SSSR count). The summed E-state index contributed by atoms with van der Waals surface area (Å²) in [5, 5.41) is 10.1. The van der Waals surface area contributed by atoms with Crippen LogP contribution in [-0.2, 0) is 5.54 Å². The molecule has 0 saturated carbocycles. The average molecular weight is 242 g/mol. The molecule has 1 aliphatic rings. The van der Waals surface area contributed by atoms with E-state index in [1.165, 1.54) is 11.1 Å². The predicted octanol–water partition coefficient (Wildman–Crippen LogP) is 1.61. The maximum Gasteiger partial charge on any atom is 0.0565 e. The van der Waals surface area contributed by atoms with Crippen molar-refractivity contribution in [3.05, 3.63) is 42.2 Å². The van der Waals surface area contributed by atoms with E-state index in [0.717, 1.165) is 31.5 Å². The van der Waals surface area contributed by atoms with Crippen molar-refractivity contribution in [2.75, 3.05) is 13.1 Å². The van der Waals surface area contributed by atoms with Crippen molar-refractivity contribution in [3.8, 4) is 11.1 Å². The van der Waals surface area contributed by atoms with E-state index in [4.69, 9.17) is 5.73 Å². The lowest BCUT2D eigenvalue weighted by atomic mass is 9.82. The molecular formula is C14H18N4. The second-order valence-corrected chi connectivity index (χ2v) is 4.97. The molecule has 0 unspecified atom stereocenters. The number of aromatic amines is 1. The van der Waals surface area contributed by atoms with Gasteiger partial charge in [-0.1, -0.05) is 24.3 Å². The van der Waals surface area contributed by atoms with Crippen molar-refractivity contribution >= 4 is 0 Å². The molecule has 2 aromatic rings. The van der Waals surface area contributed by atoms with Gasteiger partial charge in [0.25, 0.3) is 0 Å². The number of hydrogen-bond acceptors (Lipinski definition) is 3. The normalized spacial score (nSPS) is 18.7. The molecule has 1 aromatic carbocycles. The zero-order chi connectivity index (χ0) is 12.4. The van der Waals surface area contributed by atoms with Gasteiger partial charge in [-0.2, -0.15) is 5.10 Å². The van der Waals surface area contributed by atoms with Gasteiger partial charge in [0.1, 0.15) is 0 Å². The quantitative estimate of drug-likeness (QED) is 0.749. The minimum absolute atomic E-state index is 0.166. The largest absolute Gasteiger partial charge is 0.321 e. The van der Waals surface area contributed by atoms with Crippen LogP contribution in [0.4, 0.5) is 0 Å². The van der Waals surface area contributed by atoms with Gasteiger partial charge in [-0.15, -0.1) is 0 Å². The molecule has 4 heteroatoms. The smallest absolute Gasteiger partial charge is 0.0565 e. The van der Waals surface area contributed by atoms with Crippen LogP contribution < -0.4 is 11.1 Å². The van der Waals surface area contributed by atoms with Gasteiger partial charge < -0.3 is 11.1 Å². The molecule has 2 heterocycles. The zero-order valence-corrected chi connectivity index (χ0v) is 10.3. The van der Waals surface area contributed by atoms with Crippen LogP contribution in [0.2, 0.25) is 0 Å². The third-order valence-electron chi connectivity index (χ3n) is 3.79. The van der Waals surface area contributed by atoms with Crippen LogP contribution in [0.25, 0.3) is 11.1 Å². The van der Waals surface area contributed by atoms with Gasteiger partial charge in [0.2, 0.25) is 0 Å². The SMILES string of the molecule is NC1(c2ccc(-c3cn[nH]c3)cc2)CCNCC1. The molecule has 0 spiro atoms. The molecular weight excluding hydrogens is 224 g/mol. The third kappa shape index (κ3) is 2.05. The number of nitrogens with one attached hydrogen (secondary N) is 2. The average Bonchev–Trinajstić information content (AvgIpc) is 2.94. The van der Waals surface area contributed by atoms with Crippen molar-refractivity contribution in [1.82, 2.24) is 15.5 Å². The number of H-pyrrole nitrogens is 1. The van der Waals surface area contributed by atoms with E-state index in [1.54, 1.807) is 0 Å². The topological polar surface area (TPSA) is 66.7 Å². The van der Waals surface area contributed by atoms with Crippen LogP contribution in [0, 0.1) is 0 Å². The summed E-state index contributed by atoms with van der Waals surface area (Å²) in [4.78, 5) is 0. The standard InChI is InChI=1S/C14H18N4/c15-14(5-7-16-8-6-14)13-3-1-11(2-4-13)12-9-17-18-10-12/h1-4,9-10,16H,5-8,15H2,(H,17,18). The first-order chi connectivity index (χ1) is 8.78. The highest BCUT2D eigenvalue weighted by atomic mass is 15.1.